The van der Waals surface area contributed by atoms with Crippen LogP contribution in [-0.4, -0.2) is 59.2 Å². The van der Waals surface area contributed by atoms with Crippen LogP contribution in [-0.2, 0) is 10.2 Å². The van der Waals surface area contributed by atoms with Crippen LogP contribution in [0.5, 0.6) is 5.75 Å². The van der Waals surface area contributed by atoms with Crippen LogP contribution in [0.2, 0.25) is 0 Å². The van der Waals surface area contributed by atoms with Gasteiger partial charge in [0.15, 0.2) is 5.58 Å². The number of amides is 1. The van der Waals surface area contributed by atoms with Crippen LogP contribution in [0.3, 0.4) is 0 Å². The van der Waals surface area contributed by atoms with E-state index in [2.05, 4.69) is 20.9 Å². The zero-order valence-electron chi connectivity index (χ0n) is 19.4. The summed E-state index contributed by atoms with van der Waals surface area (Å²) in [5.74, 6) is 0.747. The van der Waals surface area contributed by atoms with Gasteiger partial charge in [-0.25, -0.2) is 0 Å². The van der Waals surface area contributed by atoms with Crippen molar-refractivity contribution in [3.8, 4) is 5.75 Å². The van der Waals surface area contributed by atoms with E-state index in [0.29, 0.717) is 12.6 Å². The number of piperidine rings is 1. The number of nitrogens with one attached hydrogen (secondary N) is 1. The minimum atomic E-state index is -0.383. The molecule has 34 heavy (non-hydrogen) atoms. The summed E-state index contributed by atoms with van der Waals surface area (Å²) >= 11 is 0. The highest BCUT2D eigenvalue weighted by Crippen LogP contribution is 2.49. The quantitative estimate of drug-likeness (QED) is 0.484. The molecule has 2 aromatic heterocycles. The Morgan fingerprint density at radius 3 is 2.76 bits per heavy atom. The molecule has 1 fully saturated rings. The molecule has 0 radical (unpaired) electrons. The van der Waals surface area contributed by atoms with Gasteiger partial charge < -0.3 is 29.0 Å². The zero-order chi connectivity index (χ0) is 23.4. The summed E-state index contributed by atoms with van der Waals surface area (Å²) in [5.41, 5.74) is 4.55. The molecule has 6 rings (SSSR count). The maximum Gasteiger partial charge on any atom is 0.298 e. The largest absolute Gasteiger partial charge is 0.497 e. The number of carbonyl (C=O) groups is 1. The number of hydrogen-bond donors (Lipinski definition) is 2. The Kier molecular flexibility index (Phi) is 4.81. The molecule has 176 valence electrons. The van der Waals surface area contributed by atoms with Gasteiger partial charge in [-0.3, -0.25) is 4.79 Å². The van der Waals surface area contributed by atoms with Gasteiger partial charge in [-0.15, -0.1) is 0 Å². The number of nitrogens with zero attached hydrogens (tertiary/aromatic N) is 3. The summed E-state index contributed by atoms with van der Waals surface area (Å²) in [6.07, 6.45) is 1.69. The monoisotopic (exact) mass is 460 g/mol. The van der Waals surface area contributed by atoms with E-state index in [1.807, 2.05) is 41.3 Å². The first kappa shape index (κ1) is 21.0. The predicted molar refractivity (Wildman–Crippen MR) is 129 cm³/mol. The van der Waals surface area contributed by atoms with Crippen LogP contribution in [0.15, 0.2) is 46.9 Å². The molecule has 2 aliphatic heterocycles. The van der Waals surface area contributed by atoms with Crippen LogP contribution >= 0.6 is 0 Å². The lowest BCUT2D eigenvalue weighted by molar-refractivity contribution is -0.134. The molecule has 0 saturated carbocycles. The Bertz CT molecular complexity index is 1350. The second-order valence-corrected chi connectivity index (χ2v) is 9.40. The van der Waals surface area contributed by atoms with E-state index >= 15 is 0 Å². The molecule has 1 amide bonds. The van der Waals surface area contributed by atoms with Crippen LogP contribution in [0, 0.1) is 0 Å². The number of anilines is 1. The van der Waals surface area contributed by atoms with Crippen molar-refractivity contribution in [1.82, 2.24) is 14.9 Å². The first-order chi connectivity index (χ1) is 16.5. The van der Waals surface area contributed by atoms with Gasteiger partial charge in [-0.1, -0.05) is 12.1 Å². The highest BCUT2D eigenvalue weighted by molar-refractivity contribution is 5.88. The number of ether oxygens (including phenoxy) is 1. The number of rotatable bonds is 3. The standard InChI is InChI=1S/C26H28N4O4/c1-16(32)30-15-26(9-11-29(12-10-26)25-28-19-5-3-4-6-22(19)34-25)23-18-8-7-17(33-2)13-20(18)27-24(23)21(30)14-31/h3-8,13,21,27,31H,9-12,14-15H2,1-2H3/t21-/m0/s1. The van der Waals surface area contributed by atoms with E-state index in [4.69, 9.17) is 9.15 Å². The van der Waals surface area contributed by atoms with E-state index in [1.165, 1.54) is 5.56 Å². The fourth-order valence-electron chi connectivity index (χ4n) is 5.87. The van der Waals surface area contributed by atoms with E-state index in [-0.39, 0.29) is 24.0 Å². The van der Waals surface area contributed by atoms with Gasteiger partial charge in [0.2, 0.25) is 5.91 Å². The first-order valence-electron chi connectivity index (χ1n) is 11.7. The van der Waals surface area contributed by atoms with Crippen molar-refractivity contribution in [3.63, 3.8) is 0 Å². The highest BCUT2D eigenvalue weighted by Gasteiger charge is 2.48. The second kappa shape index (κ2) is 7.77. The van der Waals surface area contributed by atoms with Crippen molar-refractivity contribution in [2.75, 3.05) is 38.3 Å². The molecule has 4 aromatic rings. The van der Waals surface area contributed by atoms with Gasteiger partial charge in [0.25, 0.3) is 6.01 Å². The number of aromatic nitrogens is 2. The third-order valence-electron chi connectivity index (χ3n) is 7.60. The van der Waals surface area contributed by atoms with Crippen LogP contribution in [0.25, 0.3) is 22.0 Å². The van der Waals surface area contributed by atoms with Crippen LogP contribution < -0.4 is 9.64 Å². The van der Waals surface area contributed by atoms with Crippen molar-refractivity contribution in [2.24, 2.45) is 0 Å². The Hall–Kier alpha value is -3.52. The topological polar surface area (TPSA) is 94.8 Å². The Morgan fingerprint density at radius 2 is 2.06 bits per heavy atom. The molecule has 2 N–H and O–H groups in total. The number of aliphatic hydroxyl groups excluding tert-OH is 1. The van der Waals surface area contributed by atoms with Gasteiger partial charge in [-0.2, -0.15) is 4.98 Å². The normalized spacial score (nSPS) is 19.7. The fourth-order valence-corrected chi connectivity index (χ4v) is 5.87. The molecule has 8 heteroatoms. The SMILES string of the molecule is COc1ccc2c3c([nH]c2c1)[C@H](CO)N(C(C)=O)CC31CCN(c2nc3ccccc3o2)CC1. The van der Waals surface area contributed by atoms with E-state index in [1.54, 1.807) is 14.0 Å². The molecule has 1 saturated heterocycles. The minimum absolute atomic E-state index is 0.0262. The summed E-state index contributed by atoms with van der Waals surface area (Å²) in [4.78, 5) is 24.9. The predicted octanol–water partition coefficient (Wildman–Crippen LogP) is 3.75. The molecule has 2 aromatic carbocycles. The smallest absolute Gasteiger partial charge is 0.298 e. The molecular formula is C26H28N4O4. The molecule has 1 spiro atoms. The first-order valence-corrected chi connectivity index (χ1v) is 11.7. The molecule has 0 bridgehead atoms. The summed E-state index contributed by atoms with van der Waals surface area (Å²) in [6, 6.07) is 14.1. The number of para-hydroxylation sites is 2. The summed E-state index contributed by atoms with van der Waals surface area (Å²) in [6.45, 7) is 3.58. The van der Waals surface area contributed by atoms with Crippen LogP contribution in [0.1, 0.15) is 37.1 Å². The second-order valence-electron chi connectivity index (χ2n) is 9.40. The van der Waals surface area contributed by atoms with E-state index < -0.39 is 0 Å². The molecule has 4 heterocycles. The van der Waals surface area contributed by atoms with Crippen molar-refractivity contribution >= 4 is 33.9 Å². The highest BCUT2D eigenvalue weighted by atomic mass is 16.5. The Morgan fingerprint density at radius 1 is 1.26 bits per heavy atom. The number of oxazole rings is 1. The summed E-state index contributed by atoms with van der Waals surface area (Å²) in [7, 11) is 1.65. The number of H-pyrrole nitrogens is 1. The lowest BCUT2D eigenvalue weighted by Gasteiger charge is -2.49. The van der Waals surface area contributed by atoms with Gasteiger partial charge in [0, 0.05) is 54.6 Å². The maximum absolute atomic E-state index is 12.7. The Labute approximate surface area is 197 Å². The molecule has 1 atom stereocenters. The van der Waals surface area contributed by atoms with Crippen molar-refractivity contribution in [2.45, 2.75) is 31.2 Å². The average molecular weight is 461 g/mol. The Balaban J connectivity index is 1.41. The van der Waals surface area contributed by atoms with Gasteiger partial charge >= 0.3 is 0 Å². The summed E-state index contributed by atoms with van der Waals surface area (Å²) < 4.78 is 11.5. The third kappa shape index (κ3) is 3.09. The van der Waals surface area contributed by atoms with E-state index in [9.17, 15) is 9.90 Å². The minimum Gasteiger partial charge on any atom is -0.497 e. The van der Waals surface area contributed by atoms with Crippen molar-refractivity contribution in [1.29, 1.82) is 0 Å². The maximum atomic E-state index is 12.7. The van der Waals surface area contributed by atoms with E-state index in [0.717, 1.165) is 59.4 Å². The lowest BCUT2D eigenvalue weighted by Crippen LogP contribution is -2.55. The summed E-state index contributed by atoms with van der Waals surface area (Å²) in [5, 5.41) is 11.4. The van der Waals surface area contributed by atoms with Gasteiger partial charge in [-0.05, 0) is 42.7 Å². The fraction of sp³-hybridized carbons (Fsp3) is 0.385. The number of aromatic amines is 1. The number of fused-ring (bicyclic) bond motifs is 5. The van der Waals surface area contributed by atoms with Crippen LogP contribution in [0.4, 0.5) is 6.01 Å². The molecular weight excluding hydrogens is 432 g/mol. The number of carbonyl (C=O) groups excluding carboxylic acids is 1. The van der Waals surface area contributed by atoms with Crippen molar-refractivity contribution < 1.29 is 19.1 Å². The number of methoxy groups -OCH3 is 1. The molecule has 0 unspecified atom stereocenters. The molecule has 8 nitrogen and oxygen atoms in total. The average Bonchev–Trinajstić information content (AvgIpc) is 3.46. The van der Waals surface area contributed by atoms with Crippen molar-refractivity contribution in [3.05, 3.63) is 53.7 Å². The number of aliphatic hydroxyl groups is 1. The zero-order valence-corrected chi connectivity index (χ0v) is 19.4. The van der Waals surface area contributed by atoms with Gasteiger partial charge in [0.1, 0.15) is 11.3 Å². The lowest BCUT2D eigenvalue weighted by atomic mass is 9.68. The number of benzene rings is 2. The number of hydrogen-bond acceptors (Lipinski definition) is 6. The van der Waals surface area contributed by atoms with Gasteiger partial charge in [0.05, 0.1) is 19.8 Å². The molecule has 2 aliphatic rings. The third-order valence-corrected chi connectivity index (χ3v) is 7.60. The molecule has 0 aliphatic carbocycles.